The zero-order valence-electron chi connectivity index (χ0n) is 7.96. The van der Waals surface area contributed by atoms with Gasteiger partial charge in [-0.2, -0.15) is 0 Å². The lowest BCUT2D eigenvalue weighted by atomic mass is 10.2. The van der Waals surface area contributed by atoms with Gasteiger partial charge in [0.05, 0.1) is 0 Å². The first-order valence-corrected chi connectivity index (χ1v) is 4.12. The topological polar surface area (TPSA) is 24.9 Å². The molecule has 1 rings (SSSR count). The first kappa shape index (κ1) is 10.7. The summed E-state index contributed by atoms with van der Waals surface area (Å²) < 4.78 is 0. The van der Waals surface area contributed by atoms with Crippen molar-refractivity contribution in [2.24, 2.45) is 0 Å². The zero-order chi connectivity index (χ0) is 9.40. The molecule has 0 saturated carbocycles. The van der Waals surface area contributed by atoms with Gasteiger partial charge in [0.25, 0.3) is 0 Å². The van der Waals surface area contributed by atoms with E-state index in [2.05, 4.69) is 16.9 Å². The zero-order valence-corrected chi connectivity index (χ0v) is 7.96. The standard InChI is InChI=1S/C8H10N2.C2H6/c1-3-7-6-10-5-4-8(7)9-2;1-2/h3-6H,1H2,2H3,(H,9,10);1-2H3. The fourth-order valence-corrected chi connectivity index (χ4v) is 0.797. The predicted octanol–water partition coefficient (Wildman–Crippen LogP) is 2.79. The molecule has 1 aromatic rings. The second-order valence-electron chi connectivity index (χ2n) is 1.92. The maximum atomic E-state index is 3.95. The van der Waals surface area contributed by atoms with Crippen molar-refractivity contribution in [3.05, 3.63) is 30.6 Å². The van der Waals surface area contributed by atoms with Crippen molar-refractivity contribution >= 4 is 11.8 Å². The highest BCUT2D eigenvalue weighted by Crippen LogP contribution is 2.12. The Kier molecular flexibility index (Phi) is 5.70. The molecule has 0 aliphatic heterocycles. The predicted molar refractivity (Wildman–Crippen MR) is 55.2 cm³/mol. The van der Waals surface area contributed by atoms with Crippen LogP contribution in [0.5, 0.6) is 0 Å². The van der Waals surface area contributed by atoms with Crippen LogP contribution in [-0.2, 0) is 0 Å². The molecule has 0 fully saturated rings. The van der Waals surface area contributed by atoms with E-state index in [1.807, 2.05) is 27.0 Å². The second-order valence-corrected chi connectivity index (χ2v) is 1.92. The number of nitrogens with zero attached hydrogens (tertiary/aromatic N) is 1. The average Bonchev–Trinajstić information content (AvgIpc) is 2.20. The molecule has 2 nitrogen and oxygen atoms in total. The van der Waals surface area contributed by atoms with Gasteiger partial charge in [-0.15, -0.1) is 0 Å². The van der Waals surface area contributed by atoms with E-state index in [9.17, 15) is 0 Å². The van der Waals surface area contributed by atoms with Gasteiger partial charge in [-0.3, -0.25) is 4.98 Å². The molecule has 0 aromatic carbocycles. The normalized spacial score (nSPS) is 7.92. The molecule has 0 unspecified atom stereocenters. The Balaban J connectivity index is 0.000000561. The number of anilines is 1. The SMILES string of the molecule is C=Cc1cnccc1NC.CC. The fourth-order valence-electron chi connectivity index (χ4n) is 0.797. The maximum Gasteiger partial charge on any atom is 0.0442 e. The van der Waals surface area contributed by atoms with Crippen molar-refractivity contribution < 1.29 is 0 Å². The van der Waals surface area contributed by atoms with Gasteiger partial charge in [-0.25, -0.2) is 0 Å². The van der Waals surface area contributed by atoms with Gasteiger partial charge in [0.2, 0.25) is 0 Å². The van der Waals surface area contributed by atoms with Crippen LogP contribution in [0.3, 0.4) is 0 Å². The Morgan fingerprint density at radius 3 is 2.58 bits per heavy atom. The Morgan fingerprint density at radius 1 is 1.50 bits per heavy atom. The third-order valence-electron chi connectivity index (χ3n) is 1.34. The molecule has 1 heterocycles. The van der Waals surface area contributed by atoms with E-state index in [0.717, 1.165) is 11.3 Å². The summed E-state index contributed by atoms with van der Waals surface area (Å²) in [5.74, 6) is 0. The monoisotopic (exact) mass is 164 g/mol. The highest BCUT2D eigenvalue weighted by atomic mass is 14.8. The van der Waals surface area contributed by atoms with Crippen LogP contribution in [0.2, 0.25) is 0 Å². The molecule has 12 heavy (non-hydrogen) atoms. The van der Waals surface area contributed by atoms with Gasteiger partial charge in [-0.1, -0.05) is 26.5 Å². The Bertz CT molecular complexity index is 231. The summed E-state index contributed by atoms with van der Waals surface area (Å²) in [5.41, 5.74) is 2.09. The van der Waals surface area contributed by atoms with Gasteiger partial charge >= 0.3 is 0 Å². The summed E-state index contributed by atoms with van der Waals surface area (Å²) in [6.45, 7) is 7.66. The van der Waals surface area contributed by atoms with Crippen LogP contribution < -0.4 is 5.32 Å². The van der Waals surface area contributed by atoms with Crippen molar-refractivity contribution in [2.45, 2.75) is 13.8 Å². The smallest absolute Gasteiger partial charge is 0.0442 e. The molecule has 0 atom stereocenters. The highest BCUT2D eigenvalue weighted by molar-refractivity contribution is 5.63. The van der Waals surface area contributed by atoms with Crippen molar-refractivity contribution in [3.8, 4) is 0 Å². The molecule has 66 valence electrons. The van der Waals surface area contributed by atoms with E-state index in [4.69, 9.17) is 0 Å². The minimum atomic E-state index is 1.03. The van der Waals surface area contributed by atoms with E-state index in [1.165, 1.54) is 0 Å². The van der Waals surface area contributed by atoms with Crippen LogP contribution in [0.25, 0.3) is 6.08 Å². The van der Waals surface area contributed by atoms with Crippen molar-refractivity contribution in [1.82, 2.24) is 4.98 Å². The number of rotatable bonds is 2. The molecular formula is C10H16N2. The fraction of sp³-hybridized carbons (Fsp3) is 0.300. The average molecular weight is 164 g/mol. The van der Waals surface area contributed by atoms with Gasteiger partial charge in [0, 0.05) is 30.7 Å². The van der Waals surface area contributed by atoms with Crippen LogP contribution in [0.1, 0.15) is 19.4 Å². The van der Waals surface area contributed by atoms with Crippen LogP contribution in [0.4, 0.5) is 5.69 Å². The van der Waals surface area contributed by atoms with Gasteiger partial charge in [0.15, 0.2) is 0 Å². The lowest BCUT2D eigenvalue weighted by molar-refractivity contribution is 1.30. The molecule has 0 bridgehead atoms. The highest BCUT2D eigenvalue weighted by Gasteiger charge is 1.92. The number of pyridine rings is 1. The van der Waals surface area contributed by atoms with Crippen molar-refractivity contribution in [3.63, 3.8) is 0 Å². The van der Waals surface area contributed by atoms with Crippen LogP contribution in [-0.4, -0.2) is 12.0 Å². The molecule has 0 aliphatic rings. The van der Waals surface area contributed by atoms with E-state index in [0.29, 0.717) is 0 Å². The minimum absolute atomic E-state index is 1.03. The van der Waals surface area contributed by atoms with Gasteiger partial charge in [-0.05, 0) is 6.07 Å². The summed E-state index contributed by atoms with van der Waals surface area (Å²) in [6.07, 6.45) is 5.30. The summed E-state index contributed by atoms with van der Waals surface area (Å²) in [5, 5.41) is 3.04. The molecule has 0 amide bonds. The van der Waals surface area contributed by atoms with E-state index in [-0.39, 0.29) is 0 Å². The van der Waals surface area contributed by atoms with Gasteiger partial charge in [0.1, 0.15) is 0 Å². The molecule has 0 aliphatic carbocycles. The molecule has 0 radical (unpaired) electrons. The van der Waals surface area contributed by atoms with Crippen LogP contribution in [0.15, 0.2) is 25.0 Å². The first-order chi connectivity index (χ1) is 5.88. The van der Waals surface area contributed by atoms with Crippen molar-refractivity contribution in [1.29, 1.82) is 0 Å². The molecular weight excluding hydrogens is 148 g/mol. The van der Waals surface area contributed by atoms with Crippen LogP contribution >= 0.6 is 0 Å². The molecule has 2 heteroatoms. The van der Waals surface area contributed by atoms with Gasteiger partial charge < -0.3 is 5.32 Å². The Labute approximate surface area is 74.3 Å². The molecule has 1 N–H and O–H groups in total. The van der Waals surface area contributed by atoms with E-state index in [1.54, 1.807) is 18.5 Å². The van der Waals surface area contributed by atoms with Crippen LogP contribution in [0, 0.1) is 0 Å². The second kappa shape index (κ2) is 6.40. The lowest BCUT2D eigenvalue weighted by Gasteiger charge is -2.01. The number of aromatic nitrogens is 1. The summed E-state index contributed by atoms with van der Waals surface area (Å²) >= 11 is 0. The third-order valence-corrected chi connectivity index (χ3v) is 1.34. The summed E-state index contributed by atoms with van der Waals surface area (Å²) in [6, 6.07) is 1.91. The number of hydrogen-bond donors (Lipinski definition) is 1. The third kappa shape index (κ3) is 2.74. The Morgan fingerprint density at radius 2 is 2.17 bits per heavy atom. The quantitative estimate of drug-likeness (QED) is 0.727. The largest absolute Gasteiger partial charge is 0.388 e. The Hall–Kier alpha value is -1.31. The maximum absolute atomic E-state index is 3.95. The van der Waals surface area contributed by atoms with E-state index >= 15 is 0 Å². The first-order valence-electron chi connectivity index (χ1n) is 4.12. The number of nitrogens with one attached hydrogen (secondary N) is 1. The molecule has 0 spiro atoms. The lowest BCUT2D eigenvalue weighted by Crippen LogP contribution is -1.90. The van der Waals surface area contributed by atoms with Crippen molar-refractivity contribution in [2.75, 3.05) is 12.4 Å². The molecule has 1 aromatic heterocycles. The number of hydrogen-bond acceptors (Lipinski definition) is 2. The summed E-state index contributed by atoms with van der Waals surface area (Å²) in [4.78, 5) is 3.95. The van der Waals surface area contributed by atoms with E-state index < -0.39 is 0 Å². The summed E-state index contributed by atoms with van der Waals surface area (Å²) in [7, 11) is 1.88. The molecule has 0 saturated heterocycles. The minimum Gasteiger partial charge on any atom is -0.388 e.